The Labute approximate surface area is 126 Å². The molecule has 0 aliphatic rings. The lowest BCUT2D eigenvalue weighted by atomic mass is 10.4. The van der Waals surface area contributed by atoms with Crippen molar-refractivity contribution in [3.63, 3.8) is 0 Å². The van der Waals surface area contributed by atoms with Gasteiger partial charge in [-0.1, -0.05) is 0 Å². The van der Waals surface area contributed by atoms with Gasteiger partial charge in [-0.25, -0.2) is 9.97 Å². The van der Waals surface area contributed by atoms with Gasteiger partial charge < -0.3 is 10.0 Å². The Morgan fingerprint density at radius 3 is 2.43 bits per heavy atom. The van der Waals surface area contributed by atoms with Crippen LogP contribution in [0.25, 0.3) is 0 Å². The maximum absolute atomic E-state index is 11.8. The lowest BCUT2D eigenvalue weighted by molar-refractivity contribution is 0.271. The summed E-state index contributed by atoms with van der Waals surface area (Å²) >= 11 is 0. The van der Waals surface area contributed by atoms with Gasteiger partial charge in [-0.3, -0.25) is 0 Å². The molecule has 1 aromatic heterocycles. The van der Waals surface area contributed by atoms with Crippen molar-refractivity contribution < 1.29 is 13.5 Å². The van der Waals surface area contributed by atoms with Crippen molar-refractivity contribution in [2.45, 2.75) is 13.0 Å². The summed E-state index contributed by atoms with van der Waals surface area (Å²) in [6.07, 6.45) is 2.26. The smallest absolute Gasteiger partial charge is 0.281 e. The second-order valence-corrected chi connectivity index (χ2v) is 7.13. The molecule has 120 valence electrons. The van der Waals surface area contributed by atoms with Crippen molar-refractivity contribution in [1.29, 1.82) is 0 Å². The standard InChI is InChI=1S/C12H23N5O3S/c1-15(2)21(19,20)17(4)9-5-8-16(3)12-6-7-13-11(10-18)14-12/h6-7,18H,5,8-10H2,1-4H3. The Balaban J connectivity index is 2.52. The SMILES string of the molecule is CN(CCCN(C)S(=O)(=O)N(C)C)c1ccnc(CO)n1. The minimum atomic E-state index is -3.36. The highest BCUT2D eigenvalue weighted by Gasteiger charge is 2.19. The molecule has 1 N–H and O–H groups in total. The highest BCUT2D eigenvalue weighted by Crippen LogP contribution is 2.09. The van der Waals surface area contributed by atoms with Crippen molar-refractivity contribution in [3.8, 4) is 0 Å². The van der Waals surface area contributed by atoms with Crippen molar-refractivity contribution in [2.24, 2.45) is 0 Å². The molecule has 0 bridgehead atoms. The van der Waals surface area contributed by atoms with E-state index in [2.05, 4.69) is 9.97 Å². The maximum atomic E-state index is 11.8. The van der Waals surface area contributed by atoms with E-state index in [1.54, 1.807) is 19.3 Å². The van der Waals surface area contributed by atoms with Gasteiger partial charge in [-0.15, -0.1) is 0 Å². The fourth-order valence-electron chi connectivity index (χ4n) is 1.72. The topological polar surface area (TPSA) is 89.9 Å². The van der Waals surface area contributed by atoms with Crippen LogP contribution in [0.2, 0.25) is 0 Å². The second-order valence-electron chi connectivity index (χ2n) is 4.88. The van der Waals surface area contributed by atoms with E-state index in [0.29, 0.717) is 31.2 Å². The Morgan fingerprint density at radius 1 is 1.19 bits per heavy atom. The minimum absolute atomic E-state index is 0.203. The first-order valence-electron chi connectivity index (χ1n) is 6.56. The lowest BCUT2D eigenvalue weighted by Gasteiger charge is -2.23. The summed E-state index contributed by atoms with van der Waals surface area (Å²) in [6.45, 7) is 0.865. The normalized spacial score (nSPS) is 12.1. The number of aliphatic hydroxyl groups is 1. The largest absolute Gasteiger partial charge is 0.388 e. The summed E-state index contributed by atoms with van der Waals surface area (Å²) in [4.78, 5) is 10.0. The molecular formula is C12H23N5O3S. The molecule has 0 radical (unpaired) electrons. The number of hydrogen-bond acceptors (Lipinski definition) is 6. The van der Waals surface area contributed by atoms with E-state index in [1.165, 1.54) is 22.7 Å². The molecule has 0 amide bonds. The molecule has 0 unspecified atom stereocenters. The highest BCUT2D eigenvalue weighted by molar-refractivity contribution is 7.86. The van der Waals surface area contributed by atoms with Crippen LogP contribution >= 0.6 is 0 Å². The van der Waals surface area contributed by atoms with Crippen molar-refractivity contribution in [2.75, 3.05) is 46.2 Å². The first-order valence-corrected chi connectivity index (χ1v) is 7.96. The van der Waals surface area contributed by atoms with Crippen LogP contribution in [-0.4, -0.2) is 73.4 Å². The van der Waals surface area contributed by atoms with E-state index in [9.17, 15) is 8.42 Å². The highest BCUT2D eigenvalue weighted by atomic mass is 32.2. The van der Waals surface area contributed by atoms with Gasteiger partial charge in [0.2, 0.25) is 0 Å². The van der Waals surface area contributed by atoms with Crippen molar-refractivity contribution >= 4 is 16.0 Å². The van der Waals surface area contributed by atoms with Crippen LogP contribution in [0.3, 0.4) is 0 Å². The molecule has 1 rings (SSSR count). The van der Waals surface area contributed by atoms with Gasteiger partial charge in [0.25, 0.3) is 10.2 Å². The Morgan fingerprint density at radius 2 is 1.86 bits per heavy atom. The fourth-order valence-corrected chi connectivity index (χ4v) is 2.63. The van der Waals surface area contributed by atoms with Crippen LogP contribution in [0.5, 0.6) is 0 Å². The zero-order chi connectivity index (χ0) is 16.0. The molecule has 9 heteroatoms. The molecule has 1 aromatic rings. The maximum Gasteiger partial charge on any atom is 0.281 e. The molecular weight excluding hydrogens is 294 g/mol. The molecule has 0 aliphatic heterocycles. The zero-order valence-corrected chi connectivity index (χ0v) is 13.7. The van der Waals surface area contributed by atoms with Gasteiger partial charge >= 0.3 is 0 Å². The molecule has 0 atom stereocenters. The average molecular weight is 317 g/mol. The minimum Gasteiger partial charge on any atom is -0.388 e. The van der Waals surface area contributed by atoms with Gasteiger partial charge in [-0.05, 0) is 12.5 Å². The predicted molar refractivity (Wildman–Crippen MR) is 81.1 cm³/mol. The van der Waals surface area contributed by atoms with Crippen LogP contribution < -0.4 is 4.90 Å². The predicted octanol–water partition coefficient (Wildman–Crippen LogP) is -0.467. The number of nitrogens with zero attached hydrogens (tertiary/aromatic N) is 5. The van der Waals surface area contributed by atoms with Gasteiger partial charge in [0.1, 0.15) is 12.4 Å². The summed E-state index contributed by atoms with van der Waals surface area (Å²) in [5, 5.41) is 9.01. The Bertz CT molecular complexity index is 550. The third-order valence-electron chi connectivity index (χ3n) is 3.05. The molecule has 0 aliphatic carbocycles. The van der Waals surface area contributed by atoms with Gasteiger partial charge in [0, 0.05) is 47.5 Å². The Kier molecular flexibility index (Phi) is 6.46. The summed E-state index contributed by atoms with van der Waals surface area (Å²) in [5.41, 5.74) is 0. The molecule has 8 nitrogen and oxygen atoms in total. The average Bonchev–Trinajstić information content (AvgIpc) is 2.46. The third kappa shape index (κ3) is 4.88. The number of aromatic nitrogens is 2. The van der Waals surface area contributed by atoms with E-state index >= 15 is 0 Å². The molecule has 0 saturated heterocycles. The summed E-state index contributed by atoms with van der Waals surface area (Å²) in [6, 6.07) is 1.75. The first-order chi connectivity index (χ1) is 9.78. The molecule has 21 heavy (non-hydrogen) atoms. The number of aliphatic hydroxyl groups excluding tert-OH is 1. The van der Waals surface area contributed by atoms with Crippen LogP contribution in [0.15, 0.2) is 12.3 Å². The van der Waals surface area contributed by atoms with E-state index in [1.807, 2.05) is 11.9 Å². The van der Waals surface area contributed by atoms with E-state index in [-0.39, 0.29) is 6.61 Å². The van der Waals surface area contributed by atoms with Crippen LogP contribution in [0.1, 0.15) is 12.2 Å². The first kappa shape index (κ1) is 17.8. The van der Waals surface area contributed by atoms with Crippen LogP contribution in [0, 0.1) is 0 Å². The van der Waals surface area contributed by atoms with Gasteiger partial charge in [0.05, 0.1) is 0 Å². The van der Waals surface area contributed by atoms with E-state index in [4.69, 9.17) is 5.11 Å². The van der Waals surface area contributed by atoms with E-state index in [0.717, 1.165) is 0 Å². The molecule has 0 spiro atoms. The van der Waals surface area contributed by atoms with Gasteiger partial charge in [-0.2, -0.15) is 17.0 Å². The summed E-state index contributed by atoms with van der Waals surface area (Å²) < 4.78 is 26.2. The molecule has 0 aromatic carbocycles. The van der Waals surface area contributed by atoms with Crippen molar-refractivity contribution in [1.82, 2.24) is 18.6 Å². The van der Waals surface area contributed by atoms with Crippen LogP contribution in [-0.2, 0) is 16.8 Å². The van der Waals surface area contributed by atoms with Crippen molar-refractivity contribution in [3.05, 3.63) is 18.1 Å². The molecule has 1 heterocycles. The number of anilines is 1. The summed E-state index contributed by atoms with van der Waals surface area (Å²) in [7, 11) is 3.08. The zero-order valence-electron chi connectivity index (χ0n) is 12.9. The van der Waals surface area contributed by atoms with E-state index < -0.39 is 10.2 Å². The van der Waals surface area contributed by atoms with Crippen LogP contribution in [0.4, 0.5) is 5.82 Å². The van der Waals surface area contributed by atoms with Gasteiger partial charge in [0.15, 0.2) is 5.82 Å². The fraction of sp³-hybridized carbons (Fsp3) is 0.667. The number of hydrogen-bond donors (Lipinski definition) is 1. The number of rotatable bonds is 8. The molecule has 0 fully saturated rings. The lowest BCUT2D eigenvalue weighted by Crippen LogP contribution is -2.38. The summed E-state index contributed by atoms with van der Waals surface area (Å²) in [5.74, 6) is 1.07. The Hall–Kier alpha value is -1.29. The molecule has 0 saturated carbocycles. The third-order valence-corrected chi connectivity index (χ3v) is 4.94. The quantitative estimate of drug-likeness (QED) is 0.697. The second kappa shape index (κ2) is 7.64. The monoisotopic (exact) mass is 317 g/mol.